The molecule has 0 saturated carbocycles. The van der Waals surface area contributed by atoms with Crippen LogP contribution in [0, 0.1) is 13.8 Å². The summed E-state index contributed by atoms with van der Waals surface area (Å²) in [6.07, 6.45) is 2.36. The molecule has 5 nitrogen and oxygen atoms in total. The fourth-order valence-electron chi connectivity index (χ4n) is 3.71. The Bertz CT molecular complexity index is 891. The lowest BCUT2D eigenvalue weighted by molar-refractivity contribution is 0.420. The Labute approximate surface area is 154 Å². The Morgan fingerprint density at radius 3 is 2.81 bits per heavy atom. The van der Waals surface area contributed by atoms with Gasteiger partial charge in [-0.05, 0) is 56.5 Å². The molecular formula is C21H25N5. The molecule has 0 unspecified atom stereocenters. The van der Waals surface area contributed by atoms with Crippen molar-refractivity contribution in [1.29, 1.82) is 0 Å². The first-order chi connectivity index (χ1) is 12.7. The van der Waals surface area contributed by atoms with E-state index >= 15 is 0 Å². The highest BCUT2D eigenvalue weighted by atomic mass is 15.3. The summed E-state index contributed by atoms with van der Waals surface area (Å²) in [5.41, 5.74) is 4.42. The quantitative estimate of drug-likeness (QED) is 0.784. The van der Waals surface area contributed by atoms with Crippen LogP contribution in [0.3, 0.4) is 0 Å². The van der Waals surface area contributed by atoms with Crippen molar-refractivity contribution in [2.24, 2.45) is 0 Å². The number of aromatic nitrogens is 3. The van der Waals surface area contributed by atoms with Crippen LogP contribution in [-0.2, 0) is 6.54 Å². The van der Waals surface area contributed by atoms with Gasteiger partial charge >= 0.3 is 0 Å². The van der Waals surface area contributed by atoms with Gasteiger partial charge in [-0.1, -0.05) is 18.2 Å². The van der Waals surface area contributed by atoms with Gasteiger partial charge in [0, 0.05) is 36.8 Å². The van der Waals surface area contributed by atoms with Gasteiger partial charge in [0.25, 0.3) is 0 Å². The Hall–Kier alpha value is -2.53. The zero-order valence-electron chi connectivity index (χ0n) is 15.4. The SMILES string of the molecule is Cc1ccc(N2CCC[C@@H](NCc3cc(C)nc4ccccc34)C2)nn1. The molecule has 1 aromatic carbocycles. The summed E-state index contributed by atoms with van der Waals surface area (Å²) < 4.78 is 0. The van der Waals surface area contributed by atoms with Crippen LogP contribution in [0.5, 0.6) is 0 Å². The number of hydrogen-bond acceptors (Lipinski definition) is 5. The summed E-state index contributed by atoms with van der Waals surface area (Å²) in [6.45, 7) is 6.92. The maximum atomic E-state index is 4.64. The third-order valence-corrected chi connectivity index (χ3v) is 5.04. The van der Waals surface area contributed by atoms with Crippen LogP contribution in [0.2, 0.25) is 0 Å². The lowest BCUT2D eigenvalue weighted by Crippen LogP contribution is -2.45. The summed E-state index contributed by atoms with van der Waals surface area (Å²) in [7, 11) is 0. The molecule has 5 heteroatoms. The van der Waals surface area contributed by atoms with Gasteiger partial charge in [0.15, 0.2) is 5.82 Å². The molecule has 0 aliphatic carbocycles. The van der Waals surface area contributed by atoms with E-state index < -0.39 is 0 Å². The maximum absolute atomic E-state index is 4.64. The van der Waals surface area contributed by atoms with Gasteiger partial charge < -0.3 is 10.2 Å². The minimum Gasteiger partial charge on any atom is -0.354 e. The number of nitrogens with one attached hydrogen (secondary N) is 1. The number of hydrogen-bond donors (Lipinski definition) is 1. The van der Waals surface area contributed by atoms with Crippen molar-refractivity contribution < 1.29 is 0 Å². The highest BCUT2D eigenvalue weighted by Gasteiger charge is 2.21. The van der Waals surface area contributed by atoms with Crippen molar-refractivity contribution in [2.45, 2.75) is 39.3 Å². The number of benzene rings is 1. The van der Waals surface area contributed by atoms with Gasteiger partial charge in [0.2, 0.25) is 0 Å². The van der Waals surface area contributed by atoms with Crippen molar-refractivity contribution in [1.82, 2.24) is 20.5 Å². The first kappa shape index (κ1) is 16.9. The normalized spacial score (nSPS) is 17.6. The highest BCUT2D eigenvalue weighted by molar-refractivity contribution is 5.82. The average molecular weight is 347 g/mol. The van der Waals surface area contributed by atoms with E-state index in [1.807, 2.05) is 19.1 Å². The van der Waals surface area contributed by atoms with Crippen LogP contribution in [0.25, 0.3) is 10.9 Å². The third kappa shape index (κ3) is 3.68. The van der Waals surface area contributed by atoms with Gasteiger partial charge in [0.05, 0.1) is 11.2 Å². The molecule has 0 amide bonds. The molecule has 0 radical (unpaired) electrons. The van der Waals surface area contributed by atoms with Crippen molar-refractivity contribution in [2.75, 3.05) is 18.0 Å². The second kappa shape index (κ2) is 7.38. The molecule has 3 heterocycles. The molecule has 3 aromatic rings. The molecule has 1 aliphatic heterocycles. The zero-order valence-corrected chi connectivity index (χ0v) is 15.4. The van der Waals surface area contributed by atoms with Gasteiger partial charge in [-0.2, -0.15) is 5.10 Å². The number of rotatable bonds is 4. The van der Waals surface area contributed by atoms with Crippen LogP contribution in [0.4, 0.5) is 5.82 Å². The topological polar surface area (TPSA) is 53.9 Å². The molecule has 4 rings (SSSR count). The molecule has 1 saturated heterocycles. The van der Waals surface area contributed by atoms with E-state index in [4.69, 9.17) is 0 Å². The third-order valence-electron chi connectivity index (χ3n) is 5.04. The summed E-state index contributed by atoms with van der Waals surface area (Å²) in [5.74, 6) is 0.979. The zero-order chi connectivity index (χ0) is 17.9. The Morgan fingerprint density at radius 2 is 1.96 bits per heavy atom. The number of para-hydroxylation sites is 1. The van der Waals surface area contributed by atoms with Crippen molar-refractivity contribution in [3.63, 3.8) is 0 Å². The Morgan fingerprint density at radius 1 is 1.08 bits per heavy atom. The van der Waals surface area contributed by atoms with Gasteiger partial charge in [-0.25, -0.2) is 0 Å². The number of fused-ring (bicyclic) bond motifs is 1. The van der Waals surface area contributed by atoms with E-state index in [-0.39, 0.29) is 0 Å². The summed E-state index contributed by atoms with van der Waals surface area (Å²) in [6, 6.07) is 15.1. The number of piperidine rings is 1. The molecule has 0 spiro atoms. The Kier molecular flexibility index (Phi) is 4.80. The van der Waals surface area contributed by atoms with Gasteiger partial charge in [-0.3, -0.25) is 4.98 Å². The molecule has 1 aliphatic rings. The Balaban J connectivity index is 1.45. The lowest BCUT2D eigenvalue weighted by Gasteiger charge is -2.34. The van der Waals surface area contributed by atoms with Crippen LogP contribution in [-0.4, -0.2) is 34.3 Å². The van der Waals surface area contributed by atoms with E-state index in [1.54, 1.807) is 0 Å². The standard InChI is InChI=1S/C21H25N5/c1-15-9-10-21(25-24-15)26-11-5-6-18(14-26)22-13-17-12-16(2)23-20-8-4-3-7-19(17)20/h3-4,7-10,12,18,22H,5-6,11,13-14H2,1-2H3/t18-/m1/s1. The second-order valence-electron chi connectivity index (χ2n) is 7.14. The fraction of sp³-hybridized carbons (Fsp3) is 0.381. The number of anilines is 1. The van der Waals surface area contributed by atoms with E-state index in [0.29, 0.717) is 6.04 Å². The first-order valence-electron chi connectivity index (χ1n) is 9.33. The van der Waals surface area contributed by atoms with E-state index in [1.165, 1.54) is 23.8 Å². The molecule has 26 heavy (non-hydrogen) atoms. The van der Waals surface area contributed by atoms with Crippen LogP contribution in [0.1, 0.15) is 29.8 Å². The van der Waals surface area contributed by atoms with Crippen LogP contribution >= 0.6 is 0 Å². The first-order valence-corrected chi connectivity index (χ1v) is 9.33. The van der Waals surface area contributed by atoms with Crippen molar-refractivity contribution in [3.05, 3.63) is 59.4 Å². The van der Waals surface area contributed by atoms with E-state index in [9.17, 15) is 0 Å². The van der Waals surface area contributed by atoms with Gasteiger partial charge in [0.1, 0.15) is 0 Å². The lowest BCUT2D eigenvalue weighted by atomic mass is 10.0. The molecule has 0 bridgehead atoms. The number of pyridine rings is 1. The minimum absolute atomic E-state index is 0.457. The largest absolute Gasteiger partial charge is 0.354 e. The smallest absolute Gasteiger partial charge is 0.151 e. The van der Waals surface area contributed by atoms with Gasteiger partial charge in [-0.15, -0.1) is 5.10 Å². The monoisotopic (exact) mass is 347 g/mol. The van der Waals surface area contributed by atoms with E-state index in [2.05, 4.69) is 62.7 Å². The molecule has 134 valence electrons. The number of nitrogens with zero attached hydrogens (tertiary/aromatic N) is 4. The van der Waals surface area contributed by atoms with Crippen molar-refractivity contribution in [3.8, 4) is 0 Å². The van der Waals surface area contributed by atoms with Crippen LogP contribution < -0.4 is 10.2 Å². The molecular weight excluding hydrogens is 322 g/mol. The molecule has 1 N–H and O–H groups in total. The fourth-order valence-corrected chi connectivity index (χ4v) is 3.71. The molecule has 1 fully saturated rings. The van der Waals surface area contributed by atoms with E-state index in [0.717, 1.165) is 42.4 Å². The highest BCUT2D eigenvalue weighted by Crippen LogP contribution is 2.20. The predicted octanol–water partition coefficient (Wildman–Crippen LogP) is 3.40. The summed E-state index contributed by atoms with van der Waals surface area (Å²) >= 11 is 0. The van der Waals surface area contributed by atoms with Crippen molar-refractivity contribution >= 4 is 16.7 Å². The summed E-state index contributed by atoms with van der Waals surface area (Å²) in [5, 5.41) is 13.5. The molecule has 2 aromatic heterocycles. The summed E-state index contributed by atoms with van der Waals surface area (Å²) in [4.78, 5) is 6.98. The molecule has 1 atom stereocenters. The second-order valence-corrected chi connectivity index (χ2v) is 7.14. The predicted molar refractivity (Wildman–Crippen MR) is 105 cm³/mol. The average Bonchev–Trinajstić information content (AvgIpc) is 2.67. The minimum atomic E-state index is 0.457. The number of aryl methyl sites for hydroxylation is 2. The van der Waals surface area contributed by atoms with Crippen LogP contribution in [0.15, 0.2) is 42.5 Å². The maximum Gasteiger partial charge on any atom is 0.151 e.